The minimum atomic E-state index is 0.696. The van der Waals surface area contributed by atoms with E-state index in [1.54, 1.807) is 7.11 Å². The van der Waals surface area contributed by atoms with Crippen molar-refractivity contribution in [3.05, 3.63) is 51.1 Å². The summed E-state index contributed by atoms with van der Waals surface area (Å²) in [7, 11) is 1.54. The number of aromatic nitrogens is 3. The molecule has 3 rings (SSSR count). The first-order valence-corrected chi connectivity index (χ1v) is 8.85. The van der Waals surface area contributed by atoms with Crippen LogP contribution < -0.4 is 0 Å². The number of aryl methyl sites for hydroxylation is 4. The predicted molar refractivity (Wildman–Crippen MR) is 107 cm³/mol. The van der Waals surface area contributed by atoms with Gasteiger partial charge in [0.2, 0.25) is 0 Å². The fourth-order valence-corrected chi connectivity index (χ4v) is 3.87. The molecule has 3 aromatic rings. The molecule has 0 saturated heterocycles. The van der Waals surface area contributed by atoms with Crippen molar-refractivity contribution < 1.29 is 4.84 Å². The largest absolute Gasteiger partial charge is 0.399 e. The van der Waals surface area contributed by atoms with Crippen molar-refractivity contribution in [2.75, 3.05) is 7.11 Å². The third-order valence-electron chi connectivity index (χ3n) is 4.72. The number of hydrogen-bond donors (Lipinski definition) is 0. The lowest BCUT2D eigenvalue weighted by Gasteiger charge is -2.15. The lowest BCUT2D eigenvalue weighted by Crippen LogP contribution is -2.07. The molecule has 0 bridgehead atoms. The van der Waals surface area contributed by atoms with E-state index < -0.39 is 0 Å². The summed E-state index contributed by atoms with van der Waals surface area (Å²) in [5.74, 6) is 0.696. The minimum Gasteiger partial charge on any atom is -0.399 e. The minimum absolute atomic E-state index is 0.696. The van der Waals surface area contributed by atoms with Crippen LogP contribution in [0.4, 0.5) is 0 Å². The van der Waals surface area contributed by atoms with Gasteiger partial charge < -0.3 is 4.84 Å². The Labute approximate surface area is 158 Å². The number of benzene rings is 1. The van der Waals surface area contributed by atoms with Crippen LogP contribution in [-0.2, 0) is 4.84 Å². The Kier molecular flexibility index (Phi) is 4.76. The highest BCUT2D eigenvalue weighted by atomic mass is 35.5. The maximum atomic E-state index is 6.24. The Balaban J connectivity index is 2.47. The summed E-state index contributed by atoms with van der Waals surface area (Å²) in [4.78, 5) is 14.4. The SMILES string of the molecule is CO/N=C(\C)c1nc(C)nc2c1c(C)c(C)n2-c1c(C)cc(Cl)cc1C. The van der Waals surface area contributed by atoms with Crippen LogP contribution in [0.2, 0.25) is 5.02 Å². The molecule has 2 heterocycles. The highest BCUT2D eigenvalue weighted by Gasteiger charge is 2.22. The van der Waals surface area contributed by atoms with Gasteiger partial charge in [0, 0.05) is 10.7 Å². The van der Waals surface area contributed by atoms with Crippen LogP contribution in [0.15, 0.2) is 17.3 Å². The summed E-state index contributed by atoms with van der Waals surface area (Å²) in [6, 6.07) is 3.97. The Hall–Kier alpha value is -2.40. The van der Waals surface area contributed by atoms with Crippen LogP contribution >= 0.6 is 11.6 Å². The number of halogens is 1. The third kappa shape index (κ3) is 2.86. The maximum absolute atomic E-state index is 6.24. The second kappa shape index (κ2) is 6.72. The first kappa shape index (κ1) is 18.4. The molecule has 0 fully saturated rings. The predicted octanol–water partition coefficient (Wildman–Crippen LogP) is 4.99. The molecule has 136 valence electrons. The molecule has 0 radical (unpaired) electrons. The molecule has 1 aromatic carbocycles. The van der Waals surface area contributed by atoms with E-state index in [1.807, 2.05) is 26.0 Å². The van der Waals surface area contributed by atoms with Crippen LogP contribution in [0, 0.1) is 34.6 Å². The highest BCUT2D eigenvalue weighted by Crippen LogP contribution is 2.33. The third-order valence-corrected chi connectivity index (χ3v) is 4.94. The first-order chi connectivity index (χ1) is 12.3. The maximum Gasteiger partial charge on any atom is 0.149 e. The molecule has 0 aliphatic rings. The van der Waals surface area contributed by atoms with E-state index >= 15 is 0 Å². The molecular weight excluding hydrogens is 348 g/mol. The monoisotopic (exact) mass is 370 g/mol. The van der Waals surface area contributed by atoms with E-state index in [-0.39, 0.29) is 0 Å². The molecular formula is C20H23ClN4O. The standard InChI is InChI=1S/C20H23ClN4O/c1-10-8-16(21)9-11(2)19(10)25-14(5)12(3)17-18(13(4)24-26-7)22-15(6)23-20(17)25/h8-9H,1-7H3/b24-13+. The van der Waals surface area contributed by atoms with Gasteiger partial charge in [0.25, 0.3) is 0 Å². The van der Waals surface area contributed by atoms with Crippen LogP contribution in [0.3, 0.4) is 0 Å². The van der Waals surface area contributed by atoms with Crippen molar-refractivity contribution in [2.45, 2.75) is 41.5 Å². The van der Waals surface area contributed by atoms with Crippen LogP contribution in [0.1, 0.15) is 40.8 Å². The molecule has 0 atom stereocenters. The van der Waals surface area contributed by atoms with Gasteiger partial charge in [-0.25, -0.2) is 9.97 Å². The fourth-order valence-electron chi connectivity index (χ4n) is 3.54. The Morgan fingerprint density at radius 3 is 2.27 bits per heavy atom. The average Bonchev–Trinajstić information content (AvgIpc) is 2.78. The molecule has 2 aromatic heterocycles. The quantitative estimate of drug-likeness (QED) is 0.482. The van der Waals surface area contributed by atoms with Gasteiger partial charge in [0.1, 0.15) is 30.0 Å². The lowest BCUT2D eigenvalue weighted by atomic mass is 10.1. The lowest BCUT2D eigenvalue weighted by molar-refractivity contribution is 0.213. The molecule has 0 N–H and O–H groups in total. The van der Waals surface area contributed by atoms with E-state index in [4.69, 9.17) is 21.4 Å². The van der Waals surface area contributed by atoms with Crippen molar-refractivity contribution in [3.8, 4) is 5.69 Å². The number of hydrogen-bond acceptors (Lipinski definition) is 4. The zero-order valence-electron chi connectivity index (χ0n) is 16.2. The fraction of sp³-hybridized carbons (Fsp3) is 0.350. The van der Waals surface area contributed by atoms with Gasteiger partial charge in [-0.3, -0.25) is 4.57 Å². The smallest absolute Gasteiger partial charge is 0.149 e. The van der Waals surface area contributed by atoms with Crippen LogP contribution in [0.25, 0.3) is 16.7 Å². The molecule has 0 aliphatic heterocycles. The zero-order valence-corrected chi connectivity index (χ0v) is 17.0. The van der Waals surface area contributed by atoms with E-state index in [0.29, 0.717) is 5.82 Å². The summed E-state index contributed by atoms with van der Waals surface area (Å²) < 4.78 is 2.20. The van der Waals surface area contributed by atoms with Gasteiger partial charge >= 0.3 is 0 Å². The second-order valence-electron chi connectivity index (χ2n) is 6.61. The molecule has 0 aliphatic carbocycles. The Bertz CT molecular complexity index is 1030. The molecule has 0 amide bonds. The van der Waals surface area contributed by atoms with Crippen molar-refractivity contribution in [3.63, 3.8) is 0 Å². The first-order valence-electron chi connectivity index (χ1n) is 8.47. The van der Waals surface area contributed by atoms with Crippen molar-refractivity contribution in [1.82, 2.24) is 14.5 Å². The number of oxime groups is 1. The Morgan fingerprint density at radius 2 is 1.69 bits per heavy atom. The Morgan fingerprint density at radius 1 is 1.08 bits per heavy atom. The zero-order chi connectivity index (χ0) is 19.2. The van der Waals surface area contributed by atoms with Crippen LogP contribution in [-0.4, -0.2) is 27.4 Å². The molecule has 0 unspecified atom stereocenters. The normalized spacial score (nSPS) is 12.1. The van der Waals surface area contributed by atoms with Crippen molar-refractivity contribution in [2.24, 2.45) is 5.16 Å². The van der Waals surface area contributed by atoms with Gasteiger partial charge in [-0.2, -0.15) is 0 Å². The highest BCUT2D eigenvalue weighted by molar-refractivity contribution is 6.30. The molecule has 5 nitrogen and oxygen atoms in total. The van der Waals surface area contributed by atoms with Gasteiger partial charge in [0.15, 0.2) is 0 Å². The number of fused-ring (bicyclic) bond motifs is 1. The topological polar surface area (TPSA) is 52.3 Å². The van der Waals surface area contributed by atoms with E-state index in [0.717, 1.165) is 55.5 Å². The summed E-state index contributed by atoms with van der Waals surface area (Å²) in [6.07, 6.45) is 0. The van der Waals surface area contributed by atoms with Gasteiger partial charge in [-0.15, -0.1) is 0 Å². The second-order valence-corrected chi connectivity index (χ2v) is 7.05. The molecule has 26 heavy (non-hydrogen) atoms. The van der Waals surface area contributed by atoms with Gasteiger partial charge in [-0.05, 0) is 70.4 Å². The van der Waals surface area contributed by atoms with E-state index in [2.05, 4.69) is 42.4 Å². The average molecular weight is 371 g/mol. The molecule has 0 spiro atoms. The molecule has 0 saturated carbocycles. The van der Waals surface area contributed by atoms with Gasteiger partial charge in [0.05, 0.1) is 11.1 Å². The van der Waals surface area contributed by atoms with E-state index in [9.17, 15) is 0 Å². The van der Waals surface area contributed by atoms with Gasteiger partial charge in [-0.1, -0.05) is 16.8 Å². The van der Waals surface area contributed by atoms with E-state index in [1.165, 1.54) is 0 Å². The summed E-state index contributed by atoms with van der Waals surface area (Å²) >= 11 is 6.24. The number of rotatable bonds is 3. The number of nitrogens with zero attached hydrogens (tertiary/aromatic N) is 4. The van der Waals surface area contributed by atoms with Crippen molar-refractivity contribution >= 4 is 28.3 Å². The summed E-state index contributed by atoms with van der Waals surface area (Å²) in [5.41, 5.74) is 7.99. The summed E-state index contributed by atoms with van der Waals surface area (Å²) in [5, 5.41) is 5.83. The molecule has 6 heteroatoms. The summed E-state index contributed by atoms with van der Waals surface area (Å²) in [6.45, 7) is 12.1. The van der Waals surface area contributed by atoms with Crippen molar-refractivity contribution in [1.29, 1.82) is 0 Å². The van der Waals surface area contributed by atoms with Crippen LogP contribution in [0.5, 0.6) is 0 Å².